The fourth-order valence-electron chi connectivity index (χ4n) is 5.70. The topological polar surface area (TPSA) is 78.0 Å². The van der Waals surface area contributed by atoms with Crippen LogP contribution in [0, 0.1) is 18.8 Å². The number of carbonyl (C=O) groups excluding carboxylic acids is 2. The molecule has 0 bridgehead atoms. The molecule has 5 rings (SSSR count). The first kappa shape index (κ1) is 24.2. The third kappa shape index (κ3) is 4.79. The van der Waals surface area contributed by atoms with Crippen molar-refractivity contribution in [2.45, 2.75) is 50.6 Å². The van der Waals surface area contributed by atoms with Crippen molar-refractivity contribution in [3.8, 4) is 0 Å². The minimum absolute atomic E-state index is 0.0979. The molecule has 0 spiro atoms. The monoisotopic (exact) mass is 495 g/mol. The van der Waals surface area contributed by atoms with Crippen molar-refractivity contribution in [2.75, 3.05) is 26.2 Å². The fourth-order valence-corrected chi connectivity index (χ4v) is 7.40. The molecular formula is C27H33N3O4S. The number of carbonyl (C=O) groups is 2. The number of likely N-dealkylation sites (tertiary alicyclic amines) is 1. The molecule has 35 heavy (non-hydrogen) atoms. The van der Waals surface area contributed by atoms with E-state index in [1.807, 2.05) is 24.3 Å². The molecule has 186 valence electrons. The summed E-state index contributed by atoms with van der Waals surface area (Å²) >= 11 is 0. The van der Waals surface area contributed by atoms with E-state index < -0.39 is 10.0 Å². The summed E-state index contributed by atoms with van der Waals surface area (Å²) in [4.78, 5) is 29.7. The summed E-state index contributed by atoms with van der Waals surface area (Å²) in [7, 11) is -3.67. The van der Waals surface area contributed by atoms with E-state index in [2.05, 4.69) is 17.0 Å². The summed E-state index contributed by atoms with van der Waals surface area (Å²) < 4.78 is 28.7. The highest BCUT2D eigenvalue weighted by molar-refractivity contribution is 7.89. The number of amides is 2. The van der Waals surface area contributed by atoms with Gasteiger partial charge in [-0.2, -0.15) is 4.31 Å². The van der Waals surface area contributed by atoms with Crippen LogP contribution in [-0.4, -0.2) is 60.5 Å². The third-order valence-electron chi connectivity index (χ3n) is 7.72. The summed E-state index contributed by atoms with van der Waals surface area (Å²) in [5.41, 5.74) is 2.57. The van der Waals surface area contributed by atoms with Crippen molar-refractivity contribution in [3.05, 3.63) is 65.2 Å². The van der Waals surface area contributed by atoms with Gasteiger partial charge in [0.2, 0.25) is 21.8 Å². The van der Waals surface area contributed by atoms with E-state index in [0.717, 1.165) is 32.2 Å². The first-order chi connectivity index (χ1) is 16.8. The molecule has 7 nitrogen and oxygen atoms in total. The molecule has 2 amide bonds. The highest BCUT2D eigenvalue weighted by Crippen LogP contribution is 2.38. The molecule has 0 aromatic heterocycles. The van der Waals surface area contributed by atoms with Crippen molar-refractivity contribution < 1.29 is 18.0 Å². The van der Waals surface area contributed by atoms with Crippen molar-refractivity contribution in [2.24, 2.45) is 11.8 Å². The van der Waals surface area contributed by atoms with Crippen molar-refractivity contribution in [1.82, 2.24) is 14.1 Å². The highest BCUT2D eigenvalue weighted by atomic mass is 32.2. The Bertz CT molecular complexity index is 1180. The lowest BCUT2D eigenvalue weighted by Crippen LogP contribution is -2.48. The Labute approximate surface area is 207 Å². The van der Waals surface area contributed by atoms with Gasteiger partial charge in [-0.1, -0.05) is 55.3 Å². The molecule has 3 fully saturated rings. The number of piperazine rings is 1. The van der Waals surface area contributed by atoms with Crippen LogP contribution in [0.3, 0.4) is 0 Å². The minimum Gasteiger partial charge on any atom is -0.296 e. The van der Waals surface area contributed by atoms with Gasteiger partial charge in [0.05, 0.1) is 23.3 Å². The molecule has 1 saturated carbocycles. The normalized spacial score (nSPS) is 24.1. The third-order valence-corrected chi connectivity index (χ3v) is 9.76. The molecule has 0 N–H and O–H groups in total. The average Bonchev–Trinajstić information content (AvgIpc) is 3.11. The standard InChI is InChI=1S/C27H33N3O4S/c1-20-11-12-22(19-30-26(31)23-9-5-6-10-24(23)27(30)32)17-25(20)35(33,34)29-15-13-28(14-16-29)18-21-7-3-2-4-8-21/h2-4,7-8,11-12,17,23-24H,5-6,9-10,13-16,18-19H2,1H3/t23-,24-/m1/s1. The highest BCUT2D eigenvalue weighted by Gasteiger charge is 2.48. The van der Waals surface area contributed by atoms with Crippen LogP contribution in [0.2, 0.25) is 0 Å². The Morgan fingerprint density at radius 2 is 1.43 bits per heavy atom. The molecule has 2 heterocycles. The van der Waals surface area contributed by atoms with E-state index in [-0.39, 0.29) is 35.1 Å². The van der Waals surface area contributed by atoms with Gasteiger partial charge in [0.25, 0.3) is 0 Å². The summed E-state index contributed by atoms with van der Waals surface area (Å²) in [5, 5.41) is 0. The summed E-state index contributed by atoms with van der Waals surface area (Å²) in [5.74, 6) is -0.590. The Hall–Kier alpha value is -2.55. The number of fused-ring (bicyclic) bond motifs is 1. The van der Waals surface area contributed by atoms with Crippen LogP contribution in [0.25, 0.3) is 0 Å². The minimum atomic E-state index is -3.67. The Morgan fingerprint density at radius 1 is 0.800 bits per heavy atom. The zero-order valence-corrected chi connectivity index (χ0v) is 21.0. The number of sulfonamides is 1. The van der Waals surface area contributed by atoms with Crippen molar-refractivity contribution in [1.29, 1.82) is 0 Å². The largest absolute Gasteiger partial charge is 0.296 e. The average molecular weight is 496 g/mol. The smallest absolute Gasteiger partial charge is 0.243 e. The zero-order chi connectivity index (χ0) is 24.6. The predicted octanol–water partition coefficient (Wildman–Crippen LogP) is 3.18. The van der Waals surface area contributed by atoms with Gasteiger partial charge < -0.3 is 0 Å². The first-order valence-corrected chi connectivity index (χ1v) is 14.0. The second-order valence-electron chi connectivity index (χ2n) is 10.0. The molecule has 1 aliphatic carbocycles. The quantitative estimate of drug-likeness (QED) is 0.576. The SMILES string of the molecule is Cc1ccc(CN2C(=O)[C@@H]3CCCC[C@H]3C2=O)cc1S(=O)(=O)N1CCN(Cc2ccccc2)CC1. The number of benzene rings is 2. The Morgan fingerprint density at radius 3 is 2.06 bits per heavy atom. The van der Waals surface area contributed by atoms with Gasteiger partial charge >= 0.3 is 0 Å². The van der Waals surface area contributed by atoms with Crippen LogP contribution < -0.4 is 0 Å². The number of aryl methyl sites for hydroxylation is 1. The summed E-state index contributed by atoms with van der Waals surface area (Å²) in [6, 6.07) is 15.5. The second-order valence-corrected chi connectivity index (χ2v) is 11.9. The van der Waals surface area contributed by atoms with Gasteiger partial charge in [-0.25, -0.2) is 8.42 Å². The van der Waals surface area contributed by atoms with Gasteiger partial charge in [0, 0.05) is 32.7 Å². The lowest BCUT2D eigenvalue weighted by molar-refractivity contribution is -0.140. The van der Waals surface area contributed by atoms with Crippen LogP contribution in [0.5, 0.6) is 0 Å². The maximum absolute atomic E-state index is 13.6. The number of hydrogen-bond acceptors (Lipinski definition) is 5. The van der Waals surface area contributed by atoms with Crippen LogP contribution in [-0.2, 0) is 32.7 Å². The molecule has 0 radical (unpaired) electrons. The van der Waals surface area contributed by atoms with Crippen LogP contribution >= 0.6 is 0 Å². The maximum atomic E-state index is 13.6. The molecule has 2 saturated heterocycles. The van der Waals surface area contributed by atoms with Gasteiger partial charge in [-0.15, -0.1) is 0 Å². The molecule has 2 aliphatic heterocycles. The molecule has 0 unspecified atom stereocenters. The lowest BCUT2D eigenvalue weighted by atomic mass is 9.81. The molecule has 2 aromatic rings. The zero-order valence-electron chi connectivity index (χ0n) is 20.2. The Kier molecular flexibility index (Phi) is 6.79. The molecular weight excluding hydrogens is 462 g/mol. The predicted molar refractivity (Wildman–Crippen MR) is 133 cm³/mol. The van der Waals surface area contributed by atoms with Crippen molar-refractivity contribution in [3.63, 3.8) is 0 Å². The summed E-state index contributed by atoms with van der Waals surface area (Å²) in [6.45, 7) is 4.96. The lowest BCUT2D eigenvalue weighted by Gasteiger charge is -2.34. The van der Waals surface area contributed by atoms with E-state index in [1.165, 1.54) is 10.5 Å². The second kappa shape index (κ2) is 9.84. The van der Waals surface area contributed by atoms with Crippen LogP contribution in [0.1, 0.15) is 42.4 Å². The van der Waals surface area contributed by atoms with Crippen molar-refractivity contribution >= 4 is 21.8 Å². The Balaban J connectivity index is 1.28. The number of imide groups is 1. The number of nitrogens with zero attached hydrogens (tertiary/aromatic N) is 3. The van der Waals surface area contributed by atoms with Gasteiger partial charge in [0.15, 0.2) is 0 Å². The molecule has 2 atom stereocenters. The van der Waals surface area contributed by atoms with E-state index in [4.69, 9.17) is 0 Å². The number of hydrogen-bond donors (Lipinski definition) is 0. The van der Waals surface area contributed by atoms with E-state index >= 15 is 0 Å². The maximum Gasteiger partial charge on any atom is 0.243 e. The van der Waals surface area contributed by atoms with E-state index in [0.29, 0.717) is 37.3 Å². The van der Waals surface area contributed by atoms with Gasteiger partial charge in [-0.05, 0) is 42.5 Å². The molecule has 3 aliphatic rings. The van der Waals surface area contributed by atoms with E-state index in [1.54, 1.807) is 23.4 Å². The van der Waals surface area contributed by atoms with E-state index in [9.17, 15) is 18.0 Å². The molecule has 2 aromatic carbocycles. The van der Waals surface area contributed by atoms with Crippen LogP contribution in [0.15, 0.2) is 53.4 Å². The van der Waals surface area contributed by atoms with Gasteiger partial charge in [0.1, 0.15) is 0 Å². The van der Waals surface area contributed by atoms with Crippen LogP contribution in [0.4, 0.5) is 0 Å². The number of rotatable bonds is 6. The fraction of sp³-hybridized carbons (Fsp3) is 0.481. The summed E-state index contributed by atoms with van der Waals surface area (Å²) in [6.07, 6.45) is 3.52. The molecule has 8 heteroatoms. The van der Waals surface area contributed by atoms with Gasteiger partial charge in [-0.3, -0.25) is 19.4 Å². The first-order valence-electron chi connectivity index (χ1n) is 12.6.